The zero-order valence-electron chi connectivity index (χ0n) is 8.49. The third-order valence-electron chi connectivity index (χ3n) is 2.68. The first-order valence-electron chi connectivity index (χ1n) is 5.08. The lowest BCUT2D eigenvalue weighted by atomic mass is 9.94. The lowest BCUT2D eigenvalue weighted by Crippen LogP contribution is -2.49. The largest absolute Gasteiger partial charge is 0.481 e. The number of carboxylic acid groups (broad SMARTS) is 1. The molecular weight excluding hydrogens is 166 g/mol. The average Bonchev–Trinajstić information content (AvgIpc) is 2.00. The molecule has 0 radical (unpaired) electrons. The first-order chi connectivity index (χ1) is 6.13. The van der Waals surface area contributed by atoms with Crippen LogP contribution in [0.1, 0.15) is 26.7 Å². The van der Waals surface area contributed by atoms with Crippen LogP contribution in [0.4, 0.5) is 0 Å². The van der Waals surface area contributed by atoms with Gasteiger partial charge in [-0.1, -0.05) is 20.3 Å². The predicted octanol–water partition coefficient (Wildman–Crippen LogP) is 1.44. The van der Waals surface area contributed by atoms with Crippen molar-refractivity contribution in [3.05, 3.63) is 0 Å². The maximum Gasteiger partial charge on any atom is 0.307 e. The van der Waals surface area contributed by atoms with E-state index >= 15 is 0 Å². The van der Waals surface area contributed by atoms with Gasteiger partial charge in [0.25, 0.3) is 0 Å². The number of rotatable bonds is 5. The van der Waals surface area contributed by atoms with E-state index in [0.717, 1.165) is 25.6 Å². The molecule has 3 nitrogen and oxygen atoms in total. The number of hydrogen-bond acceptors (Lipinski definition) is 2. The molecule has 0 saturated carbocycles. The summed E-state index contributed by atoms with van der Waals surface area (Å²) in [4.78, 5) is 12.8. The Morgan fingerprint density at radius 2 is 2.23 bits per heavy atom. The van der Waals surface area contributed by atoms with Crippen LogP contribution >= 0.6 is 0 Å². The van der Waals surface area contributed by atoms with Crippen molar-refractivity contribution in [2.24, 2.45) is 11.8 Å². The second-order valence-corrected chi connectivity index (χ2v) is 4.11. The number of carboxylic acids is 1. The first-order valence-corrected chi connectivity index (χ1v) is 5.08. The maximum absolute atomic E-state index is 10.6. The lowest BCUT2D eigenvalue weighted by Gasteiger charge is -2.40. The zero-order valence-corrected chi connectivity index (χ0v) is 8.49. The van der Waals surface area contributed by atoms with Crippen molar-refractivity contribution >= 4 is 5.97 Å². The van der Waals surface area contributed by atoms with Crippen molar-refractivity contribution in [2.75, 3.05) is 19.6 Å². The molecule has 1 heterocycles. The van der Waals surface area contributed by atoms with E-state index in [2.05, 4.69) is 11.8 Å². The molecule has 1 aliphatic heterocycles. The molecule has 0 amide bonds. The molecular formula is C10H19NO2. The van der Waals surface area contributed by atoms with Crippen LogP contribution in [0.25, 0.3) is 0 Å². The summed E-state index contributed by atoms with van der Waals surface area (Å²) in [5.41, 5.74) is 0. The summed E-state index contributed by atoms with van der Waals surface area (Å²) in [6.07, 6.45) is 2.53. The van der Waals surface area contributed by atoms with Crippen molar-refractivity contribution in [1.29, 1.82) is 0 Å². The van der Waals surface area contributed by atoms with Crippen molar-refractivity contribution in [3.63, 3.8) is 0 Å². The van der Waals surface area contributed by atoms with Gasteiger partial charge in [-0.15, -0.1) is 0 Å². The Bertz CT molecular complexity index is 176. The Labute approximate surface area is 79.7 Å². The molecule has 1 fully saturated rings. The second-order valence-electron chi connectivity index (χ2n) is 4.11. The molecule has 76 valence electrons. The number of likely N-dealkylation sites (tertiary alicyclic amines) is 1. The van der Waals surface area contributed by atoms with E-state index in [1.54, 1.807) is 6.92 Å². The SMILES string of the molecule is CCCC1CN(CC(C)C(=O)O)C1. The Kier molecular flexibility index (Phi) is 3.72. The summed E-state index contributed by atoms with van der Waals surface area (Å²) in [6.45, 7) is 6.89. The van der Waals surface area contributed by atoms with Gasteiger partial charge in [0.2, 0.25) is 0 Å². The highest BCUT2D eigenvalue weighted by molar-refractivity contribution is 5.69. The van der Waals surface area contributed by atoms with Gasteiger partial charge in [0.15, 0.2) is 0 Å². The van der Waals surface area contributed by atoms with Gasteiger partial charge in [-0.2, -0.15) is 0 Å². The van der Waals surface area contributed by atoms with Gasteiger partial charge in [-0.25, -0.2) is 0 Å². The van der Waals surface area contributed by atoms with Crippen LogP contribution in [0.15, 0.2) is 0 Å². The summed E-state index contributed by atoms with van der Waals surface area (Å²) < 4.78 is 0. The molecule has 0 aliphatic carbocycles. The van der Waals surface area contributed by atoms with Crippen LogP contribution in [0.3, 0.4) is 0 Å². The highest BCUT2D eigenvalue weighted by atomic mass is 16.4. The third kappa shape index (κ3) is 2.99. The molecule has 1 rings (SSSR count). The Balaban J connectivity index is 2.11. The van der Waals surface area contributed by atoms with Gasteiger partial charge in [-0.05, 0) is 12.3 Å². The number of nitrogens with zero attached hydrogens (tertiary/aromatic N) is 1. The quantitative estimate of drug-likeness (QED) is 0.704. The van der Waals surface area contributed by atoms with Gasteiger partial charge >= 0.3 is 5.97 Å². The molecule has 3 heteroatoms. The minimum Gasteiger partial charge on any atom is -0.481 e. The first kappa shape index (κ1) is 10.5. The van der Waals surface area contributed by atoms with Crippen LogP contribution in [0.5, 0.6) is 0 Å². The maximum atomic E-state index is 10.6. The van der Waals surface area contributed by atoms with Gasteiger partial charge in [-0.3, -0.25) is 4.79 Å². The van der Waals surface area contributed by atoms with Crippen molar-refractivity contribution in [3.8, 4) is 0 Å². The van der Waals surface area contributed by atoms with E-state index in [-0.39, 0.29) is 5.92 Å². The fourth-order valence-corrected chi connectivity index (χ4v) is 1.88. The van der Waals surface area contributed by atoms with Crippen molar-refractivity contribution < 1.29 is 9.90 Å². The highest BCUT2D eigenvalue weighted by Crippen LogP contribution is 2.21. The zero-order chi connectivity index (χ0) is 9.84. The van der Waals surface area contributed by atoms with Gasteiger partial charge in [0, 0.05) is 19.6 Å². The summed E-state index contributed by atoms with van der Waals surface area (Å²) in [5.74, 6) is -0.0764. The number of aliphatic carboxylic acids is 1. The Hall–Kier alpha value is -0.570. The van der Waals surface area contributed by atoms with E-state index in [1.165, 1.54) is 12.8 Å². The topological polar surface area (TPSA) is 40.5 Å². The molecule has 1 unspecified atom stereocenters. The normalized spacial score (nSPS) is 21.1. The van der Waals surface area contributed by atoms with E-state index in [4.69, 9.17) is 5.11 Å². The summed E-state index contributed by atoms with van der Waals surface area (Å²) in [5, 5.41) is 8.69. The van der Waals surface area contributed by atoms with Crippen molar-refractivity contribution in [1.82, 2.24) is 4.90 Å². The minimum atomic E-state index is -0.682. The standard InChI is InChI=1S/C10H19NO2/c1-3-4-9-6-11(7-9)5-8(2)10(12)13/h8-9H,3-7H2,1-2H3,(H,12,13). The Morgan fingerprint density at radius 3 is 2.69 bits per heavy atom. The van der Waals surface area contributed by atoms with Crippen LogP contribution in [0, 0.1) is 11.8 Å². The molecule has 0 aromatic heterocycles. The minimum absolute atomic E-state index is 0.220. The third-order valence-corrected chi connectivity index (χ3v) is 2.68. The van der Waals surface area contributed by atoms with Gasteiger partial charge in [0.1, 0.15) is 0 Å². The van der Waals surface area contributed by atoms with Crippen LogP contribution in [0.2, 0.25) is 0 Å². The fraction of sp³-hybridized carbons (Fsp3) is 0.900. The molecule has 1 atom stereocenters. The van der Waals surface area contributed by atoms with Crippen LogP contribution in [-0.4, -0.2) is 35.6 Å². The lowest BCUT2D eigenvalue weighted by molar-refractivity contribution is -0.142. The summed E-state index contributed by atoms with van der Waals surface area (Å²) in [6, 6.07) is 0. The Morgan fingerprint density at radius 1 is 1.62 bits per heavy atom. The molecule has 1 N–H and O–H groups in total. The molecule has 0 aromatic carbocycles. The van der Waals surface area contributed by atoms with Crippen LogP contribution in [-0.2, 0) is 4.79 Å². The second kappa shape index (κ2) is 4.61. The molecule has 0 bridgehead atoms. The van der Waals surface area contributed by atoms with Crippen LogP contribution < -0.4 is 0 Å². The van der Waals surface area contributed by atoms with Gasteiger partial charge in [0.05, 0.1) is 5.92 Å². The number of hydrogen-bond donors (Lipinski definition) is 1. The molecule has 13 heavy (non-hydrogen) atoms. The summed E-state index contributed by atoms with van der Waals surface area (Å²) in [7, 11) is 0. The highest BCUT2D eigenvalue weighted by Gasteiger charge is 2.28. The molecule has 1 aliphatic rings. The fourth-order valence-electron chi connectivity index (χ4n) is 1.88. The predicted molar refractivity (Wildman–Crippen MR) is 51.6 cm³/mol. The monoisotopic (exact) mass is 185 g/mol. The van der Waals surface area contributed by atoms with Gasteiger partial charge < -0.3 is 10.0 Å². The molecule has 1 saturated heterocycles. The van der Waals surface area contributed by atoms with Crippen molar-refractivity contribution in [2.45, 2.75) is 26.7 Å². The van der Waals surface area contributed by atoms with E-state index in [9.17, 15) is 4.79 Å². The van der Waals surface area contributed by atoms with E-state index in [0.29, 0.717) is 0 Å². The van der Waals surface area contributed by atoms with E-state index in [1.807, 2.05) is 0 Å². The van der Waals surface area contributed by atoms with E-state index < -0.39 is 5.97 Å². The summed E-state index contributed by atoms with van der Waals surface area (Å²) >= 11 is 0. The molecule has 0 spiro atoms. The smallest absolute Gasteiger partial charge is 0.307 e. The number of carbonyl (C=O) groups is 1. The molecule has 0 aromatic rings. The average molecular weight is 185 g/mol.